The summed E-state index contributed by atoms with van der Waals surface area (Å²) in [7, 11) is 1.51. The molecule has 0 saturated heterocycles. The summed E-state index contributed by atoms with van der Waals surface area (Å²) in [6.45, 7) is 0. The third kappa shape index (κ3) is 2.29. The molecule has 2 fully saturated rings. The number of hydrogen-bond acceptors (Lipinski definition) is 2. The molecule has 0 aliphatic heterocycles. The van der Waals surface area contributed by atoms with Gasteiger partial charge >= 0.3 is 0 Å². The zero-order valence-corrected chi connectivity index (χ0v) is 12.5. The molecule has 0 aromatic heterocycles. The predicted molar refractivity (Wildman–Crippen MR) is 74.5 cm³/mol. The molecule has 19 heavy (non-hydrogen) atoms. The van der Waals surface area contributed by atoms with Crippen molar-refractivity contribution in [2.75, 3.05) is 7.11 Å². The Balaban J connectivity index is 1.90. The smallest absolute Gasteiger partial charge is 0.141 e. The molecule has 1 aromatic rings. The third-order valence-corrected chi connectivity index (χ3v) is 5.40. The first-order chi connectivity index (χ1) is 9.10. The average molecular weight is 329 g/mol. The normalized spacial score (nSPS) is 30.6. The molecule has 0 amide bonds. The molecule has 0 heterocycles. The SMILES string of the molecule is COc1cc(F)c(Br)cc1C(O)C1CC2CCC1C2. The molecule has 2 saturated carbocycles. The number of rotatable bonds is 3. The zero-order valence-electron chi connectivity index (χ0n) is 10.9. The third-order valence-electron chi connectivity index (χ3n) is 4.79. The van der Waals surface area contributed by atoms with Crippen LogP contribution in [0.3, 0.4) is 0 Å². The molecule has 0 spiro atoms. The van der Waals surface area contributed by atoms with E-state index in [0.717, 1.165) is 12.3 Å². The topological polar surface area (TPSA) is 29.5 Å². The molecule has 4 unspecified atom stereocenters. The van der Waals surface area contributed by atoms with E-state index in [1.54, 1.807) is 6.07 Å². The van der Waals surface area contributed by atoms with Crippen molar-refractivity contribution in [3.05, 3.63) is 28.0 Å². The maximum absolute atomic E-state index is 13.5. The number of aliphatic hydroxyl groups is 1. The number of halogens is 2. The number of benzene rings is 1. The van der Waals surface area contributed by atoms with E-state index < -0.39 is 6.10 Å². The Kier molecular flexibility index (Phi) is 3.56. The summed E-state index contributed by atoms with van der Waals surface area (Å²) in [6, 6.07) is 3.00. The summed E-state index contributed by atoms with van der Waals surface area (Å²) in [5, 5.41) is 10.6. The molecule has 3 rings (SSSR count). The lowest BCUT2D eigenvalue weighted by atomic mass is 9.82. The number of aliphatic hydroxyl groups excluding tert-OH is 1. The Morgan fingerprint density at radius 2 is 2.16 bits per heavy atom. The highest BCUT2D eigenvalue weighted by atomic mass is 79.9. The summed E-state index contributed by atoms with van der Waals surface area (Å²) < 4.78 is 19.1. The predicted octanol–water partition coefficient (Wildman–Crippen LogP) is 4.07. The van der Waals surface area contributed by atoms with Crippen LogP contribution in [0.5, 0.6) is 5.75 Å². The van der Waals surface area contributed by atoms with Crippen LogP contribution in [-0.2, 0) is 0 Å². The van der Waals surface area contributed by atoms with E-state index in [-0.39, 0.29) is 5.82 Å². The molecule has 2 bridgehead atoms. The second-order valence-corrected chi connectivity index (χ2v) is 6.65. The monoisotopic (exact) mass is 328 g/mol. The van der Waals surface area contributed by atoms with Gasteiger partial charge in [-0.2, -0.15) is 0 Å². The van der Waals surface area contributed by atoms with Crippen molar-refractivity contribution in [3.8, 4) is 5.75 Å². The number of hydrogen-bond donors (Lipinski definition) is 1. The Labute approximate surface area is 121 Å². The van der Waals surface area contributed by atoms with Crippen LogP contribution in [-0.4, -0.2) is 12.2 Å². The van der Waals surface area contributed by atoms with Crippen LogP contribution in [0.1, 0.15) is 37.4 Å². The second kappa shape index (κ2) is 5.06. The Hall–Kier alpha value is -0.610. The number of fused-ring (bicyclic) bond motifs is 2. The van der Waals surface area contributed by atoms with Crippen molar-refractivity contribution in [2.45, 2.75) is 31.8 Å². The highest BCUT2D eigenvalue weighted by Crippen LogP contribution is 2.53. The largest absolute Gasteiger partial charge is 0.496 e. The molecule has 1 N–H and O–H groups in total. The second-order valence-electron chi connectivity index (χ2n) is 5.79. The van der Waals surface area contributed by atoms with Crippen molar-refractivity contribution in [1.29, 1.82) is 0 Å². The van der Waals surface area contributed by atoms with Crippen molar-refractivity contribution in [2.24, 2.45) is 17.8 Å². The average Bonchev–Trinajstić information content (AvgIpc) is 3.03. The lowest BCUT2D eigenvalue weighted by Crippen LogP contribution is -2.19. The first-order valence-electron chi connectivity index (χ1n) is 6.81. The Morgan fingerprint density at radius 1 is 1.37 bits per heavy atom. The van der Waals surface area contributed by atoms with Crippen LogP contribution in [0.2, 0.25) is 0 Å². The fourth-order valence-electron chi connectivity index (χ4n) is 3.86. The highest BCUT2D eigenvalue weighted by molar-refractivity contribution is 9.10. The van der Waals surface area contributed by atoms with E-state index in [1.165, 1.54) is 32.4 Å². The van der Waals surface area contributed by atoms with Gasteiger partial charge in [0, 0.05) is 11.6 Å². The van der Waals surface area contributed by atoms with Crippen molar-refractivity contribution < 1.29 is 14.2 Å². The van der Waals surface area contributed by atoms with Crippen LogP contribution in [0.4, 0.5) is 4.39 Å². The van der Waals surface area contributed by atoms with Gasteiger partial charge in [0.1, 0.15) is 11.6 Å². The van der Waals surface area contributed by atoms with E-state index in [4.69, 9.17) is 4.74 Å². The van der Waals surface area contributed by atoms with E-state index in [2.05, 4.69) is 15.9 Å². The number of methoxy groups -OCH3 is 1. The van der Waals surface area contributed by atoms with Crippen LogP contribution < -0.4 is 4.74 Å². The van der Waals surface area contributed by atoms with Crippen molar-refractivity contribution in [3.63, 3.8) is 0 Å². The molecular weight excluding hydrogens is 311 g/mol. The summed E-state index contributed by atoms with van der Waals surface area (Å²) in [5.41, 5.74) is 0.702. The highest BCUT2D eigenvalue weighted by Gasteiger charge is 2.43. The zero-order chi connectivity index (χ0) is 13.6. The maximum Gasteiger partial charge on any atom is 0.141 e. The van der Waals surface area contributed by atoms with Gasteiger partial charge in [-0.25, -0.2) is 4.39 Å². The summed E-state index contributed by atoms with van der Waals surface area (Å²) in [6.07, 6.45) is 4.30. The van der Waals surface area contributed by atoms with Gasteiger partial charge in [-0.3, -0.25) is 0 Å². The van der Waals surface area contributed by atoms with E-state index in [0.29, 0.717) is 27.6 Å². The van der Waals surface area contributed by atoms with Gasteiger partial charge in [-0.15, -0.1) is 0 Å². The Bertz CT molecular complexity index is 491. The summed E-state index contributed by atoms with van der Waals surface area (Å²) in [4.78, 5) is 0. The minimum atomic E-state index is -0.554. The fourth-order valence-corrected chi connectivity index (χ4v) is 4.22. The first kappa shape index (κ1) is 13.4. The first-order valence-corrected chi connectivity index (χ1v) is 7.60. The van der Waals surface area contributed by atoms with Gasteiger partial charge in [-0.1, -0.05) is 6.42 Å². The quantitative estimate of drug-likeness (QED) is 0.906. The van der Waals surface area contributed by atoms with Gasteiger partial charge in [0.2, 0.25) is 0 Å². The minimum absolute atomic E-state index is 0.296. The van der Waals surface area contributed by atoms with Gasteiger partial charge in [0.05, 0.1) is 17.7 Å². The van der Waals surface area contributed by atoms with E-state index in [9.17, 15) is 9.50 Å². The molecule has 1 aromatic carbocycles. The maximum atomic E-state index is 13.5. The van der Waals surface area contributed by atoms with E-state index >= 15 is 0 Å². The van der Waals surface area contributed by atoms with Crippen molar-refractivity contribution in [1.82, 2.24) is 0 Å². The molecule has 104 valence electrons. The van der Waals surface area contributed by atoms with Crippen molar-refractivity contribution >= 4 is 15.9 Å². The molecule has 2 aliphatic rings. The molecule has 2 nitrogen and oxygen atoms in total. The fraction of sp³-hybridized carbons (Fsp3) is 0.600. The molecule has 0 radical (unpaired) electrons. The van der Waals surface area contributed by atoms with Crippen LogP contribution >= 0.6 is 15.9 Å². The molecular formula is C15H18BrFO2. The standard InChI is InChI=1S/C15H18BrFO2/c1-19-14-7-13(17)12(16)6-11(14)15(18)10-5-8-2-3-9(10)4-8/h6-10,15,18H,2-5H2,1H3. The van der Waals surface area contributed by atoms with Gasteiger partial charge in [0.25, 0.3) is 0 Å². The van der Waals surface area contributed by atoms with Gasteiger partial charge in [-0.05, 0) is 59.0 Å². The van der Waals surface area contributed by atoms with E-state index in [1.807, 2.05) is 0 Å². The van der Waals surface area contributed by atoms with Gasteiger partial charge in [0.15, 0.2) is 0 Å². The lowest BCUT2D eigenvalue weighted by Gasteiger charge is -2.28. The molecule has 2 aliphatic carbocycles. The van der Waals surface area contributed by atoms with Crippen LogP contribution in [0.25, 0.3) is 0 Å². The summed E-state index contributed by atoms with van der Waals surface area (Å²) in [5.74, 6) is 1.77. The van der Waals surface area contributed by atoms with Crippen LogP contribution in [0, 0.1) is 23.6 Å². The Morgan fingerprint density at radius 3 is 2.74 bits per heavy atom. The van der Waals surface area contributed by atoms with Gasteiger partial charge < -0.3 is 9.84 Å². The van der Waals surface area contributed by atoms with Crippen LogP contribution in [0.15, 0.2) is 16.6 Å². The minimum Gasteiger partial charge on any atom is -0.496 e. The molecule has 4 atom stereocenters. The summed E-state index contributed by atoms with van der Waals surface area (Å²) >= 11 is 3.19. The number of ether oxygens (including phenoxy) is 1. The lowest BCUT2D eigenvalue weighted by molar-refractivity contribution is 0.0721. The molecule has 4 heteroatoms.